The smallest absolute Gasteiger partial charge is 0.0884 e. The van der Waals surface area contributed by atoms with Crippen LogP contribution in [0.5, 0.6) is 0 Å². The van der Waals surface area contributed by atoms with Crippen molar-refractivity contribution in [3.8, 4) is 0 Å². The molecule has 0 aromatic carbocycles. The van der Waals surface area contributed by atoms with Crippen LogP contribution < -0.4 is 0 Å². The van der Waals surface area contributed by atoms with E-state index < -0.39 is 5.60 Å². The summed E-state index contributed by atoms with van der Waals surface area (Å²) in [6.07, 6.45) is 8.11. The van der Waals surface area contributed by atoms with Gasteiger partial charge in [0.25, 0.3) is 0 Å². The highest BCUT2D eigenvalue weighted by Crippen LogP contribution is 2.49. The molecule has 1 aliphatic carbocycles. The molecule has 1 aliphatic heterocycles. The van der Waals surface area contributed by atoms with E-state index in [1.54, 1.807) is 0 Å². The Hall–Kier alpha value is -0.340. The largest absolute Gasteiger partial charge is 0.385 e. The molecular formula is C14H24O2. The van der Waals surface area contributed by atoms with Gasteiger partial charge >= 0.3 is 0 Å². The maximum atomic E-state index is 10.8. The van der Waals surface area contributed by atoms with E-state index in [-0.39, 0.29) is 17.1 Å². The van der Waals surface area contributed by atoms with Crippen LogP contribution in [0, 0.1) is 5.92 Å². The lowest BCUT2D eigenvalue weighted by Gasteiger charge is -2.39. The summed E-state index contributed by atoms with van der Waals surface area (Å²) in [5.74, 6) is 0.201. The van der Waals surface area contributed by atoms with Gasteiger partial charge < -0.3 is 9.84 Å². The maximum absolute atomic E-state index is 10.8. The van der Waals surface area contributed by atoms with E-state index in [4.69, 9.17) is 4.74 Å². The number of aliphatic hydroxyl groups is 1. The molecule has 0 aromatic rings. The molecule has 2 atom stereocenters. The molecule has 0 bridgehead atoms. The van der Waals surface area contributed by atoms with Gasteiger partial charge in [-0.05, 0) is 53.4 Å². The van der Waals surface area contributed by atoms with Crippen LogP contribution in [0.3, 0.4) is 0 Å². The highest BCUT2D eigenvalue weighted by Gasteiger charge is 2.54. The van der Waals surface area contributed by atoms with Gasteiger partial charge in [0.05, 0.1) is 16.8 Å². The van der Waals surface area contributed by atoms with Gasteiger partial charge in [0.1, 0.15) is 0 Å². The molecule has 2 heteroatoms. The third-order valence-corrected chi connectivity index (χ3v) is 4.03. The Bertz CT molecular complexity index is 304. The zero-order valence-corrected chi connectivity index (χ0v) is 10.9. The summed E-state index contributed by atoms with van der Waals surface area (Å²) in [5.41, 5.74) is -1.01. The molecule has 1 fully saturated rings. The fourth-order valence-electron chi connectivity index (χ4n) is 3.51. The Balaban J connectivity index is 2.27. The minimum Gasteiger partial charge on any atom is -0.385 e. The molecule has 16 heavy (non-hydrogen) atoms. The minimum atomic E-state index is -0.657. The van der Waals surface area contributed by atoms with Gasteiger partial charge in [-0.3, -0.25) is 0 Å². The first-order chi connectivity index (χ1) is 7.25. The fourth-order valence-corrected chi connectivity index (χ4v) is 3.51. The van der Waals surface area contributed by atoms with Crippen molar-refractivity contribution >= 4 is 0 Å². The molecule has 2 aliphatic rings. The van der Waals surface area contributed by atoms with Crippen LogP contribution in [-0.4, -0.2) is 21.9 Å². The van der Waals surface area contributed by atoms with Crippen molar-refractivity contribution in [1.29, 1.82) is 0 Å². The summed E-state index contributed by atoms with van der Waals surface area (Å²) < 4.78 is 6.07. The Morgan fingerprint density at radius 2 is 1.94 bits per heavy atom. The number of ether oxygens (including phenoxy) is 1. The third-order valence-electron chi connectivity index (χ3n) is 4.03. The van der Waals surface area contributed by atoms with Crippen LogP contribution in [-0.2, 0) is 4.74 Å². The SMILES string of the molecule is CC1(C)CC(C2(O)C=CCCC2)C(C)(C)O1. The molecule has 92 valence electrons. The van der Waals surface area contributed by atoms with Gasteiger partial charge in [0.2, 0.25) is 0 Å². The van der Waals surface area contributed by atoms with Gasteiger partial charge in [-0.25, -0.2) is 0 Å². The van der Waals surface area contributed by atoms with Crippen LogP contribution in [0.15, 0.2) is 12.2 Å². The average molecular weight is 224 g/mol. The summed E-state index contributed by atoms with van der Waals surface area (Å²) in [4.78, 5) is 0. The van der Waals surface area contributed by atoms with E-state index in [1.807, 2.05) is 6.08 Å². The number of rotatable bonds is 1. The van der Waals surface area contributed by atoms with E-state index in [2.05, 4.69) is 33.8 Å². The van der Waals surface area contributed by atoms with Gasteiger partial charge in [-0.2, -0.15) is 0 Å². The van der Waals surface area contributed by atoms with Crippen molar-refractivity contribution < 1.29 is 9.84 Å². The summed E-state index contributed by atoms with van der Waals surface area (Å²) in [6, 6.07) is 0. The molecule has 0 aromatic heterocycles. The molecule has 2 rings (SSSR count). The second kappa shape index (κ2) is 3.58. The maximum Gasteiger partial charge on any atom is 0.0884 e. The fraction of sp³-hybridized carbons (Fsp3) is 0.857. The van der Waals surface area contributed by atoms with Gasteiger partial charge in [-0.1, -0.05) is 12.2 Å². The van der Waals surface area contributed by atoms with E-state index in [0.717, 1.165) is 25.7 Å². The number of allylic oxidation sites excluding steroid dienone is 1. The Labute approximate surface area is 98.7 Å². The lowest BCUT2D eigenvalue weighted by molar-refractivity contribution is -0.103. The van der Waals surface area contributed by atoms with Crippen molar-refractivity contribution in [2.24, 2.45) is 5.92 Å². The van der Waals surface area contributed by atoms with Crippen LogP contribution in [0.25, 0.3) is 0 Å². The quantitative estimate of drug-likeness (QED) is 0.694. The summed E-state index contributed by atoms with van der Waals surface area (Å²) in [5, 5.41) is 10.8. The topological polar surface area (TPSA) is 29.5 Å². The van der Waals surface area contributed by atoms with Crippen molar-refractivity contribution in [2.45, 2.75) is 70.2 Å². The van der Waals surface area contributed by atoms with Gasteiger partial charge in [-0.15, -0.1) is 0 Å². The first-order valence-corrected chi connectivity index (χ1v) is 6.35. The second-order valence-corrected chi connectivity index (χ2v) is 6.51. The van der Waals surface area contributed by atoms with Crippen molar-refractivity contribution in [3.05, 3.63) is 12.2 Å². The summed E-state index contributed by atoms with van der Waals surface area (Å²) in [7, 11) is 0. The summed E-state index contributed by atoms with van der Waals surface area (Å²) >= 11 is 0. The van der Waals surface area contributed by atoms with Crippen molar-refractivity contribution in [1.82, 2.24) is 0 Å². The average Bonchev–Trinajstić information content (AvgIpc) is 2.36. The van der Waals surface area contributed by atoms with Gasteiger partial charge in [0, 0.05) is 5.92 Å². The van der Waals surface area contributed by atoms with Crippen LogP contribution in [0.1, 0.15) is 53.4 Å². The van der Waals surface area contributed by atoms with Crippen LogP contribution in [0.4, 0.5) is 0 Å². The monoisotopic (exact) mass is 224 g/mol. The van der Waals surface area contributed by atoms with E-state index in [9.17, 15) is 5.11 Å². The zero-order chi connectivity index (χ0) is 12.0. The normalized spacial score (nSPS) is 41.2. The van der Waals surface area contributed by atoms with E-state index in [1.165, 1.54) is 0 Å². The summed E-state index contributed by atoms with van der Waals surface area (Å²) in [6.45, 7) is 8.44. The molecule has 0 amide bonds. The Morgan fingerprint density at radius 3 is 2.38 bits per heavy atom. The Morgan fingerprint density at radius 1 is 1.25 bits per heavy atom. The molecule has 0 radical (unpaired) electrons. The number of hydrogen-bond acceptors (Lipinski definition) is 2. The standard InChI is InChI=1S/C14H24O2/c1-12(2)10-11(13(3,4)16-12)14(15)8-6-5-7-9-14/h6,8,11,15H,5,7,9-10H2,1-4H3. The predicted octanol–water partition coefficient (Wildman–Crippen LogP) is 3.05. The minimum absolute atomic E-state index is 0.116. The van der Waals surface area contributed by atoms with Crippen LogP contribution in [0.2, 0.25) is 0 Å². The molecule has 0 spiro atoms. The molecule has 0 saturated carbocycles. The predicted molar refractivity (Wildman–Crippen MR) is 65.3 cm³/mol. The Kier molecular flexibility index (Phi) is 2.71. The third kappa shape index (κ3) is 2.05. The van der Waals surface area contributed by atoms with Gasteiger partial charge in [0.15, 0.2) is 0 Å². The molecule has 2 unspecified atom stereocenters. The lowest BCUT2D eigenvalue weighted by atomic mass is 9.71. The zero-order valence-electron chi connectivity index (χ0n) is 10.9. The van der Waals surface area contributed by atoms with Crippen molar-refractivity contribution in [2.75, 3.05) is 0 Å². The molecular weight excluding hydrogens is 200 g/mol. The van der Waals surface area contributed by atoms with E-state index >= 15 is 0 Å². The molecule has 2 nitrogen and oxygen atoms in total. The van der Waals surface area contributed by atoms with E-state index in [0.29, 0.717) is 0 Å². The highest BCUT2D eigenvalue weighted by molar-refractivity contribution is 5.14. The molecule has 1 N–H and O–H groups in total. The first-order valence-electron chi connectivity index (χ1n) is 6.35. The second-order valence-electron chi connectivity index (χ2n) is 6.51. The number of hydrogen-bond donors (Lipinski definition) is 1. The highest BCUT2D eigenvalue weighted by atomic mass is 16.5. The lowest BCUT2D eigenvalue weighted by Crippen LogP contribution is -2.46. The first kappa shape index (κ1) is 12.1. The molecule has 1 saturated heterocycles. The van der Waals surface area contributed by atoms with Crippen molar-refractivity contribution in [3.63, 3.8) is 0 Å². The van der Waals surface area contributed by atoms with Crippen LogP contribution >= 0.6 is 0 Å². The molecule has 1 heterocycles.